The van der Waals surface area contributed by atoms with Gasteiger partial charge < -0.3 is 9.80 Å². The van der Waals surface area contributed by atoms with Crippen molar-refractivity contribution < 1.29 is 0 Å². The molecule has 2 saturated heterocycles. The maximum atomic E-state index is 2.69. The Hall–Kier alpha value is -0.860. The van der Waals surface area contributed by atoms with Crippen molar-refractivity contribution in [2.24, 2.45) is 17.8 Å². The summed E-state index contributed by atoms with van der Waals surface area (Å²) in [5.74, 6) is 2.64. The van der Waals surface area contributed by atoms with E-state index in [4.69, 9.17) is 0 Å². The van der Waals surface area contributed by atoms with Crippen LogP contribution in [0, 0.1) is 17.8 Å². The average Bonchev–Trinajstić information content (AvgIpc) is 2.67. The normalized spacial score (nSPS) is 27.9. The van der Waals surface area contributed by atoms with Crippen LogP contribution < -0.4 is 0 Å². The van der Waals surface area contributed by atoms with E-state index in [-0.39, 0.29) is 0 Å². The molecule has 2 fully saturated rings. The van der Waals surface area contributed by atoms with Crippen molar-refractivity contribution in [3.63, 3.8) is 0 Å². The van der Waals surface area contributed by atoms with Crippen molar-refractivity contribution in [3.8, 4) is 0 Å². The Morgan fingerprint density at radius 3 is 1.92 bits per heavy atom. The highest BCUT2D eigenvalue weighted by molar-refractivity contribution is 5.16. The van der Waals surface area contributed by atoms with E-state index in [9.17, 15) is 0 Å². The molecule has 0 N–H and O–H groups in total. The summed E-state index contributed by atoms with van der Waals surface area (Å²) in [6, 6.07) is 11.3. The van der Waals surface area contributed by atoms with Crippen molar-refractivity contribution in [1.82, 2.24) is 9.80 Å². The van der Waals surface area contributed by atoms with Gasteiger partial charge in [-0.05, 0) is 81.6 Å². The molecule has 2 nitrogen and oxygen atoms in total. The Morgan fingerprint density at radius 1 is 0.875 bits per heavy atom. The van der Waals surface area contributed by atoms with E-state index >= 15 is 0 Å². The molecule has 0 saturated carbocycles. The monoisotopic (exact) mass is 328 g/mol. The smallest absolute Gasteiger partial charge is 0.00124 e. The molecule has 0 bridgehead atoms. The highest BCUT2D eigenvalue weighted by Gasteiger charge is 2.34. The highest BCUT2D eigenvalue weighted by Crippen LogP contribution is 2.36. The van der Waals surface area contributed by atoms with Crippen LogP contribution in [0.15, 0.2) is 30.3 Å². The molecule has 0 aliphatic carbocycles. The first-order chi connectivity index (χ1) is 11.8. The molecule has 24 heavy (non-hydrogen) atoms. The molecule has 0 spiro atoms. The van der Waals surface area contributed by atoms with Gasteiger partial charge in [0.1, 0.15) is 0 Å². The Balaban J connectivity index is 1.75. The number of nitrogens with zero attached hydrogens (tertiary/aromatic N) is 2. The lowest BCUT2D eigenvalue weighted by atomic mass is 9.71. The zero-order chi connectivity index (χ0) is 16.8. The number of rotatable bonds is 6. The molecular formula is C22H36N2. The summed E-state index contributed by atoms with van der Waals surface area (Å²) in [5.41, 5.74) is 1.55. The van der Waals surface area contributed by atoms with Gasteiger partial charge in [-0.1, -0.05) is 44.2 Å². The van der Waals surface area contributed by atoms with Crippen LogP contribution in [0.25, 0.3) is 0 Å². The average molecular weight is 329 g/mol. The third-order valence-electron chi connectivity index (χ3n) is 6.50. The maximum Gasteiger partial charge on any atom is 0.00124 e. The summed E-state index contributed by atoms with van der Waals surface area (Å²) < 4.78 is 0. The van der Waals surface area contributed by atoms with Crippen LogP contribution in [0.2, 0.25) is 0 Å². The van der Waals surface area contributed by atoms with Gasteiger partial charge in [0.05, 0.1) is 0 Å². The SMILES string of the molecule is CCN1CCCC(C(Cc2ccccc2)C2CCCN(CC)C2)C1. The zero-order valence-corrected chi connectivity index (χ0v) is 15.8. The van der Waals surface area contributed by atoms with E-state index in [0.29, 0.717) is 0 Å². The fourth-order valence-electron chi connectivity index (χ4n) is 5.06. The Morgan fingerprint density at radius 2 is 1.42 bits per heavy atom. The molecule has 0 radical (unpaired) electrons. The molecule has 1 aromatic carbocycles. The number of likely N-dealkylation sites (tertiary alicyclic amines) is 2. The Kier molecular flexibility index (Phi) is 6.74. The second-order valence-electron chi connectivity index (χ2n) is 7.94. The Bertz CT molecular complexity index is 448. The van der Waals surface area contributed by atoms with Crippen LogP contribution in [0.5, 0.6) is 0 Å². The highest BCUT2D eigenvalue weighted by atomic mass is 15.1. The molecule has 2 unspecified atom stereocenters. The van der Waals surface area contributed by atoms with Crippen LogP contribution >= 0.6 is 0 Å². The number of benzene rings is 1. The first-order valence-corrected chi connectivity index (χ1v) is 10.3. The fraction of sp³-hybridized carbons (Fsp3) is 0.727. The van der Waals surface area contributed by atoms with Crippen LogP contribution in [0.4, 0.5) is 0 Å². The molecule has 0 aromatic heterocycles. The number of hydrogen-bond acceptors (Lipinski definition) is 2. The van der Waals surface area contributed by atoms with Crippen LogP contribution in [-0.4, -0.2) is 49.1 Å². The second-order valence-corrected chi connectivity index (χ2v) is 7.94. The van der Waals surface area contributed by atoms with E-state index in [0.717, 1.165) is 17.8 Å². The number of piperidine rings is 2. The Labute approximate surface area is 149 Å². The van der Waals surface area contributed by atoms with E-state index in [2.05, 4.69) is 54.0 Å². The lowest BCUT2D eigenvalue weighted by molar-refractivity contribution is 0.0666. The van der Waals surface area contributed by atoms with Crippen molar-refractivity contribution in [2.45, 2.75) is 46.0 Å². The third kappa shape index (κ3) is 4.61. The first kappa shape index (κ1) is 17.9. The molecule has 134 valence electrons. The fourth-order valence-corrected chi connectivity index (χ4v) is 5.06. The predicted molar refractivity (Wildman–Crippen MR) is 103 cm³/mol. The van der Waals surface area contributed by atoms with Gasteiger partial charge in [0.25, 0.3) is 0 Å². The topological polar surface area (TPSA) is 6.48 Å². The summed E-state index contributed by atoms with van der Waals surface area (Å²) in [7, 11) is 0. The van der Waals surface area contributed by atoms with Gasteiger partial charge in [0.2, 0.25) is 0 Å². The molecule has 2 aliphatic heterocycles. The first-order valence-electron chi connectivity index (χ1n) is 10.3. The van der Waals surface area contributed by atoms with E-state index in [1.807, 2.05) is 0 Å². The van der Waals surface area contributed by atoms with Crippen molar-refractivity contribution in [2.75, 3.05) is 39.3 Å². The van der Waals surface area contributed by atoms with E-state index < -0.39 is 0 Å². The molecule has 2 aliphatic rings. The minimum atomic E-state index is 0.857. The summed E-state index contributed by atoms with van der Waals surface area (Å²) in [5, 5.41) is 0. The van der Waals surface area contributed by atoms with E-state index in [1.165, 1.54) is 71.4 Å². The minimum Gasteiger partial charge on any atom is -0.303 e. The standard InChI is InChI=1S/C22H36N2/c1-3-23-14-8-12-20(17-23)22(16-19-10-6-5-7-11-19)21-13-9-15-24(4-2)18-21/h5-7,10-11,20-22H,3-4,8-9,12-18H2,1-2H3. The lowest BCUT2D eigenvalue weighted by Gasteiger charge is -2.43. The summed E-state index contributed by atoms with van der Waals surface area (Å²) in [6.45, 7) is 12.4. The summed E-state index contributed by atoms with van der Waals surface area (Å²) >= 11 is 0. The molecule has 1 aromatic rings. The molecule has 3 rings (SSSR count). The van der Waals surface area contributed by atoms with Crippen molar-refractivity contribution in [1.29, 1.82) is 0 Å². The van der Waals surface area contributed by atoms with E-state index in [1.54, 1.807) is 5.56 Å². The predicted octanol–water partition coefficient (Wildman–Crippen LogP) is 4.31. The van der Waals surface area contributed by atoms with Gasteiger partial charge in [-0.25, -0.2) is 0 Å². The van der Waals surface area contributed by atoms with Crippen LogP contribution in [0.3, 0.4) is 0 Å². The van der Waals surface area contributed by atoms with Crippen LogP contribution in [0.1, 0.15) is 45.1 Å². The van der Waals surface area contributed by atoms with Crippen LogP contribution in [-0.2, 0) is 6.42 Å². The molecule has 0 amide bonds. The summed E-state index contributed by atoms with van der Waals surface area (Å²) in [6.07, 6.45) is 6.96. The second kappa shape index (κ2) is 9.01. The third-order valence-corrected chi connectivity index (χ3v) is 6.50. The maximum absolute atomic E-state index is 2.69. The van der Waals surface area contributed by atoms with Gasteiger partial charge in [-0.2, -0.15) is 0 Å². The lowest BCUT2D eigenvalue weighted by Crippen LogP contribution is -2.45. The van der Waals surface area contributed by atoms with Gasteiger partial charge in [0.15, 0.2) is 0 Å². The summed E-state index contributed by atoms with van der Waals surface area (Å²) in [4.78, 5) is 5.37. The van der Waals surface area contributed by atoms with Crippen molar-refractivity contribution in [3.05, 3.63) is 35.9 Å². The molecular weight excluding hydrogens is 292 g/mol. The molecule has 2 atom stereocenters. The van der Waals surface area contributed by atoms with Crippen molar-refractivity contribution >= 4 is 0 Å². The molecule has 2 heterocycles. The molecule has 2 heteroatoms. The van der Waals surface area contributed by atoms with Gasteiger partial charge in [0, 0.05) is 13.1 Å². The quantitative estimate of drug-likeness (QED) is 0.768. The van der Waals surface area contributed by atoms with Gasteiger partial charge >= 0.3 is 0 Å². The zero-order valence-electron chi connectivity index (χ0n) is 15.8. The number of hydrogen-bond donors (Lipinski definition) is 0. The minimum absolute atomic E-state index is 0.857. The van der Waals surface area contributed by atoms with Gasteiger partial charge in [-0.3, -0.25) is 0 Å². The largest absolute Gasteiger partial charge is 0.303 e. The van der Waals surface area contributed by atoms with Gasteiger partial charge in [-0.15, -0.1) is 0 Å².